The van der Waals surface area contributed by atoms with Gasteiger partial charge in [-0.1, -0.05) is 6.92 Å². The van der Waals surface area contributed by atoms with Crippen molar-refractivity contribution in [1.29, 1.82) is 0 Å². The van der Waals surface area contributed by atoms with Crippen molar-refractivity contribution < 1.29 is 20.1 Å². The molecule has 108 valence electrons. The van der Waals surface area contributed by atoms with E-state index < -0.39 is 25.4 Å². The maximum atomic E-state index is 9.20. The second-order valence-electron chi connectivity index (χ2n) is 4.03. The fourth-order valence-corrected chi connectivity index (χ4v) is 1.19. The lowest BCUT2D eigenvalue weighted by molar-refractivity contribution is 0.0827. The van der Waals surface area contributed by atoms with Crippen molar-refractivity contribution in [1.82, 2.24) is 15.0 Å². The van der Waals surface area contributed by atoms with Gasteiger partial charge in [-0.05, 0) is 6.42 Å². The summed E-state index contributed by atoms with van der Waals surface area (Å²) in [6.45, 7) is 0.844. The van der Waals surface area contributed by atoms with Gasteiger partial charge in [0, 0.05) is 0 Å². The Kier molecular flexibility index (Phi) is 5.67. The van der Waals surface area contributed by atoms with Gasteiger partial charge in [-0.15, -0.1) is 0 Å². The van der Waals surface area contributed by atoms with Crippen LogP contribution in [0.5, 0.6) is 6.01 Å². The van der Waals surface area contributed by atoms with E-state index in [1.807, 2.05) is 6.92 Å². The molecule has 9 heteroatoms. The van der Waals surface area contributed by atoms with Crippen LogP contribution < -0.4 is 15.8 Å². The number of rotatable bonds is 8. The lowest BCUT2D eigenvalue weighted by Gasteiger charge is -2.28. The average molecular weight is 273 g/mol. The number of nitrogens with one attached hydrogen (secondary N) is 1. The normalized spacial score (nSPS) is 11.4. The second kappa shape index (κ2) is 7.02. The Morgan fingerprint density at radius 2 is 1.79 bits per heavy atom. The molecule has 0 atom stereocenters. The Morgan fingerprint density at radius 3 is 2.32 bits per heavy atom. The predicted molar refractivity (Wildman–Crippen MR) is 67.6 cm³/mol. The van der Waals surface area contributed by atoms with Crippen LogP contribution in [0, 0.1) is 0 Å². The summed E-state index contributed by atoms with van der Waals surface area (Å²) in [4.78, 5) is 11.5. The van der Waals surface area contributed by atoms with Gasteiger partial charge >= 0.3 is 6.01 Å². The zero-order valence-corrected chi connectivity index (χ0v) is 10.7. The minimum absolute atomic E-state index is 0.00996. The number of nitrogens with zero attached hydrogens (tertiary/aromatic N) is 3. The van der Waals surface area contributed by atoms with E-state index in [2.05, 4.69) is 20.3 Å². The molecule has 0 saturated carbocycles. The van der Waals surface area contributed by atoms with Crippen molar-refractivity contribution in [2.24, 2.45) is 0 Å². The molecule has 0 bridgehead atoms. The lowest BCUT2D eigenvalue weighted by Crippen LogP contribution is -2.49. The number of nitrogen functional groups attached to an aromatic ring is 1. The first-order chi connectivity index (χ1) is 9.09. The molecule has 1 heterocycles. The van der Waals surface area contributed by atoms with Crippen LogP contribution in [0.4, 0.5) is 11.9 Å². The van der Waals surface area contributed by atoms with Gasteiger partial charge in [0.05, 0.1) is 26.4 Å². The standard InChI is InChI=1S/C10H19N5O4/c1-2-3-19-9-13-7(11)12-8(14-9)15-10(4-16,5-17)6-18/h16-18H,2-6H2,1H3,(H3,11,12,13,14,15). The molecular weight excluding hydrogens is 254 g/mol. The van der Waals surface area contributed by atoms with Crippen LogP contribution in [0.25, 0.3) is 0 Å². The predicted octanol–water partition coefficient (Wildman–Crippen LogP) is -1.63. The third-order valence-corrected chi connectivity index (χ3v) is 2.35. The Balaban J connectivity index is 2.90. The highest BCUT2D eigenvalue weighted by atomic mass is 16.5. The molecule has 6 N–H and O–H groups in total. The van der Waals surface area contributed by atoms with Crippen LogP contribution in [0.2, 0.25) is 0 Å². The maximum absolute atomic E-state index is 9.20. The average Bonchev–Trinajstić information content (AvgIpc) is 2.42. The second-order valence-corrected chi connectivity index (χ2v) is 4.03. The first kappa shape index (κ1) is 15.3. The molecule has 0 unspecified atom stereocenters. The van der Waals surface area contributed by atoms with Crippen LogP contribution in [0.15, 0.2) is 0 Å². The van der Waals surface area contributed by atoms with Crippen LogP contribution in [-0.4, -0.2) is 62.2 Å². The molecule has 0 spiro atoms. The van der Waals surface area contributed by atoms with Gasteiger partial charge in [0.25, 0.3) is 0 Å². The molecule has 0 aliphatic carbocycles. The van der Waals surface area contributed by atoms with Gasteiger partial charge in [0.1, 0.15) is 5.54 Å². The van der Waals surface area contributed by atoms with Crippen molar-refractivity contribution in [2.75, 3.05) is 37.5 Å². The minimum atomic E-state index is -1.34. The molecule has 0 aliphatic rings. The molecule has 1 aromatic heterocycles. The molecule has 19 heavy (non-hydrogen) atoms. The molecule has 0 radical (unpaired) electrons. The van der Waals surface area contributed by atoms with Crippen molar-refractivity contribution in [3.05, 3.63) is 0 Å². The zero-order valence-electron chi connectivity index (χ0n) is 10.7. The van der Waals surface area contributed by atoms with E-state index in [0.717, 1.165) is 6.42 Å². The summed E-state index contributed by atoms with van der Waals surface area (Å²) in [5.41, 5.74) is 4.17. The highest BCUT2D eigenvalue weighted by Crippen LogP contribution is 2.14. The van der Waals surface area contributed by atoms with Gasteiger partial charge < -0.3 is 31.1 Å². The molecule has 0 saturated heterocycles. The number of aliphatic hydroxyl groups excluding tert-OH is 3. The molecule has 0 aromatic carbocycles. The lowest BCUT2D eigenvalue weighted by atomic mass is 10.0. The van der Waals surface area contributed by atoms with Gasteiger partial charge in [0.2, 0.25) is 11.9 Å². The van der Waals surface area contributed by atoms with Crippen molar-refractivity contribution in [3.63, 3.8) is 0 Å². The van der Waals surface area contributed by atoms with E-state index in [4.69, 9.17) is 10.5 Å². The highest BCUT2D eigenvalue weighted by Gasteiger charge is 2.29. The van der Waals surface area contributed by atoms with Gasteiger partial charge in [-0.2, -0.15) is 15.0 Å². The number of aliphatic hydroxyl groups is 3. The first-order valence-electron chi connectivity index (χ1n) is 5.84. The van der Waals surface area contributed by atoms with Gasteiger partial charge in [-0.3, -0.25) is 0 Å². The number of hydrogen-bond donors (Lipinski definition) is 5. The minimum Gasteiger partial charge on any atom is -0.463 e. The quantitative estimate of drug-likeness (QED) is 0.376. The molecule has 1 rings (SSSR count). The number of aromatic nitrogens is 3. The SMILES string of the molecule is CCCOc1nc(N)nc(NC(CO)(CO)CO)n1. The molecule has 0 aliphatic heterocycles. The number of nitrogens with two attached hydrogens (primary N) is 1. The molecule has 0 amide bonds. The zero-order chi connectivity index (χ0) is 14.3. The number of hydrogen-bond acceptors (Lipinski definition) is 9. The summed E-state index contributed by atoms with van der Waals surface area (Å²) in [5, 5.41) is 30.2. The van der Waals surface area contributed by atoms with Gasteiger partial charge in [-0.25, -0.2) is 0 Å². The summed E-state index contributed by atoms with van der Waals surface area (Å²) in [6.07, 6.45) is 0.780. The van der Waals surface area contributed by atoms with E-state index in [-0.39, 0.29) is 17.9 Å². The third kappa shape index (κ3) is 4.16. The molecule has 1 aromatic rings. The Labute approximate surface area is 110 Å². The van der Waals surface area contributed by atoms with Crippen LogP contribution in [-0.2, 0) is 0 Å². The number of ether oxygens (including phenoxy) is 1. The van der Waals surface area contributed by atoms with Crippen molar-refractivity contribution in [2.45, 2.75) is 18.9 Å². The number of anilines is 2. The van der Waals surface area contributed by atoms with E-state index in [1.54, 1.807) is 0 Å². The Hall–Kier alpha value is -1.71. The third-order valence-electron chi connectivity index (χ3n) is 2.35. The van der Waals surface area contributed by atoms with E-state index in [0.29, 0.717) is 6.61 Å². The summed E-state index contributed by atoms with van der Waals surface area (Å²) >= 11 is 0. The Bertz CT molecular complexity index is 391. The summed E-state index contributed by atoms with van der Waals surface area (Å²) in [5.74, 6) is -0.0536. The van der Waals surface area contributed by atoms with Crippen molar-refractivity contribution in [3.8, 4) is 6.01 Å². The fraction of sp³-hybridized carbons (Fsp3) is 0.700. The maximum Gasteiger partial charge on any atom is 0.323 e. The molecule has 9 nitrogen and oxygen atoms in total. The monoisotopic (exact) mass is 273 g/mol. The van der Waals surface area contributed by atoms with Crippen LogP contribution >= 0.6 is 0 Å². The Morgan fingerprint density at radius 1 is 1.16 bits per heavy atom. The van der Waals surface area contributed by atoms with Crippen LogP contribution in [0.3, 0.4) is 0 Å². The van der Waals surface area contributed by atoms with E-state index >= 15 is 0 Å². The summed E-state index contributed by atoms with van der Waals surface area (Å²) in [6, 6.07) is 0.0413. The van der Waals surface area contributed by atoms with Crippen molar-refractivity contribution >= 4 is 11.9 Å². The fourth-order valence-electron chi connectivity index (χ4n) is 1.19. The van der Waals surface area contributed by atoms with E-state index in [1.165, 1.54) is 0 Å². The first-order valence-corrected chi connectivity index (χ1v) is 5.84. The van der Waals surface area contributed by atoms with Crippen LogP contribution in [0.1, 0.15) is 13.3 Å². The largest absolute Gasteiger partial charge is 0.463 e. The summed E-state index contributed by atoms with van der Waals surface area (Å²) in [7, 11) is 0. The molecule has 0 fully saturated rings. The topological polar surface area (TPSA) is 147 Å². The molecular formula is C10H19N5O4. The smallest absolute Gasteiger partial charge is 0.323 e. The highest BCUT2D eigenvalue weighted by molar-refractivity contribution is 5.35. The summed E-state index contributed by atoms with van der Waals surface area (Å²) < 4.78 is 5.22. The van der Waals surface area contributed by atoms with Gasteiger partial charge in [0.15, 0.2) is 0 Å². The van der Waals surface area contributed by atoms with E-state index in [9.17, 15) is 15.3 Å².